The zero-order valence-electron chi connectivity index (χ0n) is 9.10. The molecule has 84 valence electrons. The van der Waals surface area contributed by atoms with E-state index in [0.717, 1.165) is 12.2 Å². The van der Waals surface area contributed by atoms with Crippen LogP contribution < -0.4 is 5.32 Å². The first-order valence-corrected chi connectivity index (χ1v) is 4.94. The number of amides is 1. The second-order valence-corrected chi connectivity index (χ2v) is 3.34. The Morgan fingerprint density at radius 3 is 2.94 bits per heavy atom. The third kappa shape index (κ3) is 1.95. The maximum absolute atomic E-state index is 11.7. The molecule has 0 atom stereocenters. The number of rotatable bonds is 3. The quantitative estimate of drug-likeness (QED) is 0.844. The fraction of sp³-hybridized carbons (Fsp3) is 0.300. The van der Waals surface area contributed by atoms with E-state index in [1.54, 1.807) is 23.7 Å². The summed E-state index contributed by atoms with van der Waals surface area (Å²) in [6.45, 7) is 1.96. The number of nitrogens with one attached hydrogen (secondary N) is 1. The molecule has 0 unspecified atom stereocenters. The summed E-state index contributed by atoms with van der Waals surface area (Å²) in [7, 11) is 1.75. The summed E-state index contributed by atoms with van der Waals surface area (Å²) >= 11 is 0. The van der Waals surface area contributed by atoms with E-state index in [9.17, 15) is 4.79 Å². The number of hydrogen-bond acceptors (Lipinski definition) is 4. The van der Waals surface area contributed by atoms with Crippen LogP contribution in [0.1, 0.15) is 23.2 Å². The van der Waals surface area contributed by atoms with Crippen molar-refractivity contribution in [1.82, 2.24) is 14.8 Å². The maximum atomic E-state index is 11.7. The van der Waals surface area contributed by atoms with Crippen molar-refractivity contribution in [2.45, 2.75) is 13.3 Å². The molecule has 0 saturated carbocycles. The Hall–Kier alpha value is -2.11. The predicted octanol–water partition coefficient (Wildman–Crippen LogP) is 1.22. The molecule has 0 spiro atoms. The van der Waals surface area contributed by atoms with Gasteiger partial charge in [-0.15, -0.1) is 10.2 Å². The van der Waals surface area contributed by atoms with E-state index in [1.807, 2.05) is 6.92 Å². The summed E-state index contributed by atoms with van der Waals surface area (Å²) < 4.78 is 6.93. The molecule has 1 N–H and O–H groups in total. The lowest BCUT2D eigenvalue weighted by molar-refractivity contribution is 0.0994. The Labute approximate surface area is 92.3 Å². The smallest absolute Gasteiger partial charge is 0.293 e. The van der Waals surface area contributed by atoms with E-state index in [1.165, 1.54) is 6.33 Å². The van der Waals surface area contributed by atoms with Crippen molar-refractivity contribution >= 4 is 11.9 Å². The van der Waals surface area contributed by atoms with E-state index in [4.69, 9.17) is 4.42 Å². The molecular weight excluding hydrogens is 208 g/mol. The van der Waals surface area contributed by atoms with Crippen molar-refractivity contribution in [2.24, 2.45) is 7.05 Å². The van der Waals surface area contributed by atoms with Gasteiger partial charge in [-0.25, -0.2) is 0 Å². The molecule has 0 aliphatic carbocycles. The normalized spacial score (nSPS) is 10.4. The van der Waals surface area contributed by atoms with Crippen molar-refractivity contribution in [3.8, 4) is 0 Å². The lowest BCUT2D eigenvalue weighted by Crippen LogP contribution is -2.14. The number of aryl methyl sites for hydroxylation is 2. The van der Waals surface area contributed by atoms with Crippen LogP contribution in [0.15, 0.2) is 22.9 Å². The zero-order valence-corrected chi connectivity index (χ0v) is 9.10. The van der Waals surface area contributed by atoms with Crippen LogP contribution in [0.2, 0.25) is 0 Å². The zero-order chi connectivity index (χ0) is 11.5. The first-order chi connectivity index (χ1) is 7.70. The molecule has 6 heteroatoms. The van der Waals surface area contributed by atoms with Gasteiger partial charge in [0, 0.05) is 13.5 Å². The molecule has 16 heavy (non-hydrogen) atoms. The van der Waals surface area contributed by atoms with Gasteiger partial charge in [-0.3, -0.25) is 10.1 Å². The van der Waals surface area contributed by atoms with Crippen LogP contribution in [0.3, 0.4) is 0 Å². The number of hydrogen-bond donors (Lipinski definition) is 1. The monoisotopic (exact) mass is 220 g/mol. The molecule has 0 fully saturated rings. The fourth-order valence-corrected chi connectivity index (χ4v) is 1.25. The van der Waals surface area contributed by atoms with Crippen molar-refractivity contribution in [2.75, 3.05) is 5.32 Å². The first-order valence-electron chi connectivity index (χ1n) is 4.94. The minimum Gasteiger partial charge on any atom is -0.456 e. The molecule has 0 aliphatic rings. The number of carbonyl (C=O) groups excluding carboxylic acids is 1. The molecule has 6 nitrogen and oxygen atoms in total. The molecular formula is C10H12N4O2. The summed E-state index contributed by atoms with van der Waals surface area (Å²) in [5.74, 6) is 1.12. The fourth-order valence-electron chi connectivity index (χ4n) is 1.25. The Bertz CT molecular complexity index is 500. The molecule has 0 radical (unpaired) electrons. The second-order valence-electron chi connectivity index (χ2n) is 3.34. The van der Waals surface area contributed by atoms with E-state index in [2.05, 4.69) is 15.5 Å². The average molecular weight is 220 g/mol. The lowest BCUT2D eigenvalue weighted by atomic mass is 10.3. The molecule has 2 rings (SSSR count). The van der Waals surface area contributed by atoms with Crippen LogP contribution in [-0.4, -0.2) is 20.7 Å². The first kappa shape index (κ1) is 10.4. The van der Waals surface area contributed by atoms with E-state index >= 15 is 0 Å². The third-order valence-electron chi connectivity index (χ3n) is 2.17. The largest absolute Gasteiger partial charge is 0.456 e. The highest BCUT2D eigenvalue weighted by atomic mass is 16.3. The summed E-state index contributed by atoms with van der Waals surface area (Å²) in [6, 6.07) is 3.43. The van der Waals surface area contributed by atoms with Gasteiger partial charge in [0.2, 0.25) is 5.95 Å². The van der Waals surface area contributed by atoms with Gasteiger partial charge in [0.15, 0.2) is 5.76 Å². The Morgan fingerprint density at radius 1 is 1.56 bits per heavy atom. The van der Waals surface area contributed by atoms with Gasteiger partial charge >= 0.3 is 0 Å². The van der Waals surface area contributed by atoms with E-state index in [0.29, 0.717) is 5.95 Å². The van der Waals surface area contributed by atoms with Crippen LogP contribution in [0.25, 0.3) is 0 Å². The molecule has 0 aromatic carbocycles. The van der Waals surface area contributed by atoms with E-state index in [-0.39, 0.29) is 11.7 Å². The number of carbonyl (C=O) groups is 1. The topological polar surface area (TPSA) is 73.0 Å². The average Bonchev–Trinajstić information content (AvgIpc) is 2.88. The van der Waals surface area contributed by atoms with Gasteiger partial charge in [-0.2, -0.15) is 0 Å². The van der Waals surface area contributed by atoms with Crippen LogP contribution in [-0.2, 0) is 13.5 Å². The Kier molecular flexibility index (Phi) is 2.72. The van der Waals surface area contributed by atoms with Gasteiger partial charge in [0.25, 0.3) is 5.91 Å². The summed E-state index contributed by atoms with van der Waals surface area (Å²) in [4.78, 5) is 11.7. The number of furan rings is 1. The predicted molar refractivity (Wildman–Crippen MR) is 57.0 cm³/mol. The van der Waals surface area contributed by atoms with Crippen molar-refractivity contribution in [3.63, 3.8) is 0 Å². The van der Waals surface area contributed by atoms with Crippen molar-refractivity contribution < 1.29 is 9.21 Å². The van der Waals surface area contributed by atoms with Gasteiger partial charge in [-0.05, 0) is 12.1 Å². The minimum atomic E-state index is -0.323. The van der Waals surface area contributed by atoms with E-state index < -0.39 is 0 Å². The number of nitrogens with zero attached hydrogens (tertiary/aromatic N) is 3. The highest BCUT2D eigenvalue weighted by molar-refractivity contribution is 6.01. The van der Waals surface area contributed by atoms with Crippen molar-refractivity contribution in [3.05, 3.63) is 30.0 Å². The summed E-state index contributed by atoms with van der Waals surface area (Å²) in [6.07, 6.45) is 2.27. The SMILES string of the molecule is CCc1ccc(C(=O)Nc2nncn2C)o1. The minimum absolute atomic E-state index is 0.278. The highest BCUT2D eigenvalue weighted by Crippen LogP contribution is 2.10. The van der Waals surface area contributed by atoms with Gasteiger partial charge in [-0.1, -0.05) is 6.92 Å². The molecule has 2 aromatic heterocycles. The molecule has 0 aliphatic heterocycles. The molecule has 1 amide bonds. The van der Waals surface area contributed by atoms with Crippen LogP contribution >= 0.6 is 0 Å². The Morgan fingerprint density at radius 2 is 2.38 bits per heavy atom. The van der Waals surface area contributed by atoms with Gasteiger partial charge < -0.3 is 8.98 Å². The number of aromatic nitrogens is 3. The summed E-state index contributed by atoms with van der Waals surface area (Å²) in [5, 5.41) is 10.0. The maximum Gasteiger partial charge on any atom is 0.293 e. The van der Waals surface area contributed by atoms with Gasteiger partial charge in [0.1, 0.15) is 12.1 Å². The second kappa shape index (κ2) is 4.18. The summed E-state index contributed by atoms with van der Waals surface area (Å²) in [5.41, 5.74) is 0. The van der Waals surface area contributed by atoms with Crippen LogP contribution in [0.4, 0.5) is 5.95 Å². The third-order valence-corrected chi connectivity index (χ3v) is 2.17. The molecule has 0 bridgehead atoms. The van der Waals surface area contributed by atoms with Crippen molar-refractivity contribution in [1.29, 1.82) is 0 Å². The number of anilines is 1. The molecule has 0 saturated heterocycles. The standard InChI is InChI=1S/C10H12N4O2/c1-3-7-4-5-8(16-7)9(15)12-10-13-11-6-14(10)2/h4-6H,3H2,1-2H3,(H,12,13,15). The van der Waals surface area contributed by atoms with Crippen LogP contribution in [0.5, 0.6) is 0 Å². The highest BCUT2D eigenvalue weighted by Gasteiger charge is 2.12. The van der Waals surface area contributed by atoms with Crippen LogP contribution in [0, 0.1) is 0 Å². The van der Waals surface area contributed by atoms with Gasteiger partial charge in [0.05, 0.1) is 0 Å². The Balaban J connectivity index is 2.11. The molecule has 2 aromatic rings. The molecule has 2 heterocycles. The lowest BCUT2D eigenvalue weighted by Gasteiger charge is -2.00.